The van der Waals surface area contributed by atoms with Gasteiger partial charge in [-0.2, -0.15) is 0 Å². The van der Waals surface area contributed by atoms with E-state index in [-0.39, 0.29) is 19.2 Å². The van der Waals surface area contributed by atoms with Crippen molar-refractivity contribution in [3.8, 4) is 17.2 Å². The number of benzene rings is 1. The molecule has 2 aromatic heterocycles. The van der Waals surface area contributed by atoms with Crippen LogP contribution in [0.4, 0.5) is 5.69 Å². The largest absolute Gasteiger partial charge is 0.493 e. The van der Waals surface area contributed by atoms with Crippen LogP contribution in [0.5, 0.6) is 17.2 Å². The van der Waals surface area contributed by atoms with Crippen molar-refractivity contribution in [1.29, 1.82) is 0 Å². The number of anilines is 1. The Morgan fingerprint density at radius 1 is 1.25 bits per heavy atom. The van der Waals surface area contributed by atoms with Crippen molar-refractivity contribution in [1.82, 2.24) is 14.9 Å². The Hall–Kier alpha value is -4.12. The van der Waals surface area contributed by atoms with Crippen LogP contribution in [0.15, 0.2) is 53.5 Å². The van der Waals surface area contributed by atoms with Crippen molar-refractivity contribution in [2.24, 2.45) is 5.92 Å². The molecule has 5 rings (SSSR count). The number of carboxylic acids is 1. The first-order valence-electron chi connectivity index (χ1n) is 13.5. The zero-order valence-electron chi connectivity index (χ0n) is 22.7. The van der Waals surface area contributed by atoms with Gasteiger partial charge in [0.1, 0.15) is 6.26 Å². The summed E-state index contributed by atoms with van der Waals surface area (Å²) in [6, 6.07) is 6.88. The second kappa shape index (κ2) is 12.4. The molecule has 3 unspecified atom stereocenters. The molecule has 1 N–H and O–H groups in total. The lowest BCUT2D eigenvalue weighted by Gasteiger charge is -2.29. The van der Waals surface area contributed by atoms with Crippen LogP contribution in [0.2, 0.25) is 0 Å². The van der Waals surface area contributed by atoms with E-state index < -0.39 is 23.8 Å². The van der Waals surface area contributed by atoms with Gasteiger partial charge in [-0.15, -0.1) is 0 Å². The van der Waals surface area contributed by atoms with Gasteiger partial charge in [-0.05, 0) is 42.7 Å². The number of ether oxygens (including phenoxy) is 3. The third-order valence-electron chi connectivity index (χ3n) is 7.61. The number of aromatic nitrogens is 2. The number of amides is 1. The molecule has 11 heteroatoms. The average Bonchev–Trinajstić information content (AvgIpc) is 3.72. The van der Waals surface area contributed by atoms with Crippen LogP contribution in [0.3, 0.4) is 0 Å². The first-order chi connectivity index (χ1) is 19.5. The summed E-state index contributed by atoms with van der Waals surface area (Å²) in [5.74, 6) is -0.176. The van der Waals surface area contributed by atoms with Crippen LogP contribution in [0, 0.1) is 5.92 Å². The molecule has 1 saturated heterocycles. The molecule has 0 bridgehead atoms. The molecule has 212 valence electrons. The number of rotatable bonds is 12. The van der Waals surface area contributed by atoms with E-state index in [4.69, 9.17) is 18.6 Å². The van der Waals surface area contributed by atoms with Crippen molar-refractivity contribution in [3.63, 3.8) is 0 Å². The second-order valence-corrected chi connectivity index (χ2v) is 10.00. The van der Waals surface area contributed by atoms with Gasteiger partial charge in [0.15, 0.2) is 17.4 Å². The number of carboxylic acid groups (broad SMARTS) is 1. The summed E-state index contributed by atoms with van der Waals surface area (Å²) in [5.41, 5.74) is 1.49. The molecule has 0 saturated carbocycles. The zero-order chi connectivity index (χ0) is 28.1. The highest BCUT2D eigenvalue weighted by Gasteiger charge is 2.47. The summed E-state index contributed by atoms with van der Waals surface area (Å²) in [6.45, 7) is 3.14. The number of aryl methyl sites for hydroxylation is 1. The molecule has 2 aliphatic heterocycles. The highest BCUT2D eigenvalue weighted by atomic mass is 16.7. The topological polar surface area (TPSA) is 127 Å². The number of methoxy groups -OCH3 is 1. The van der Waals surface area contributed by atoms with Gasteiger partial charge in [0.25, 0.3) is 0 Å². The summed E-state index contributed by atoms with van der Waals surface area (Å²) in [7, 11) is 1.54. The molecule has 0 aliphatic carbocycles. The van der Waals surface area contributed by atoms with E-state index >= 15 is 0 Å². The molecule has 1 aromatic carbocycles. The predicted molar refractivity (Wildman–Crippen MR) is 145 cm³/mol. The Balaban J connectivity index is 1.46. The van der Waals surface area contributed by atoms with Crippen LogP contribution in [-0.4, -0.2) is 71.4 Å². The number of pyridine rings is 1. The van der Waals surface area contributed by atoms with Gasteiger partial charge in [0, 0.05) is 37.7 Å². The molecule has 4 heterocycles. The molecule has 1 amide bonds. The van der Waals surface area contributed by atoms with Gasteiger partial charge in [-0.25, -0.2) is 4.98 Å². The standard InChI is InChI=1S/C29H34N4O7/c1-3-4-11-33(20-6-5-9-30-15-20)26(34)17-32-16-21(19-13-23(37-2)28-24(14-19)39-18-40-28)27(29(35)36)22(32)7-8-25-31-10-12-38-25/h5-6,9-10,12-15,21-22,27H,3-4,7-8,11,16-18H2,1-2H3,(H,35,36). The monoisotopic (exact) mass is 550 g/mol. The van der Waals surface area contributed by atoms with E-state index in [1.807, 2.05) is 23.1 Å². The SMILES string of the molecule is CCCCN(C(=O)CN1CC(c2cc(OC)c3c(c2)OCO3)C(C(=O)O)C1CCc1ncco1)c1cccnc1. The van der Waals surface area contributed by atoms with Gasteiger partial charge in [-0.1, -0.05) is 13.3 Å². The fourth-order valence-corrected chi connectivity index (χ4v) is 5.69. The number of fused-ring (bicyclic) bond motifs is 1. The molecule has 40 heavy (non-hydrogen) atoms. The lowest BCUT2D eigenvalue weighted by molar-refractivity contribution is -0.143. The number of likely N-dealkylation sites (tertiary alicyclic amines) is 1. The summed E-state index contributed by atoms with van der Waals surface area (Å²) in [4.78, 5) is 38.7. The average molecular weight is 551 g/mol. The highest BCUT2D eigenvalue weighted by molar-refractivity contribution is 5.94. The van der Waals surface area contributed by atoms with Gasteiger partial charge < -0.3 is 28.6 Å². The Morgan fingerprint density at radius 2 is 2.12 bits per heavy atom. The maximum atomic E-state index is 13.8. The van der Waals surface area contributed by atoms with E-state index in [1.54, 1.807) is 29.6 Å². The molecule has 1 fully saturated rings. The molecule has 0 radical (unpaired) electrons. The summed E-state index contributed by atoms with van der Waals surface area (Å²) < 4.78 is 22.1. The van der Waals surface area contributed by atoms with Gasteiger partial charge in [0.2, 0.25) is 18.4 Å². The van der Waals surface area contributed by atoms with Crippen molar-refractivity contribution < 1.29 is 33.3 Å². The minimum absolute atomic E-state index is 0.0663. The van der Waals surface area contributed by atoms with E-state index in [9.17, 15) is 14.7 Å². The maximum absolute atomic E-state index is 13.8. The highest BCUT2D eigenvalue weighted by Crippen LogP contribution is 2.47. The molecule has 11 nitrogen and oxygen atoms in total. The second-order valence-electron chi connectivity index (χ2n) is 10.00. The Morgan fingerprint density at radius 3 is 2.83 bits per heavy atom. The van der Waals surface area contributed by atoms with Crippen LogP contribution >= 0.6 is 0 Å². The molecule has 3 aromatic rings. The first kappa shape index (κ1) is 27.4. The first-order valence-corrected chi connectivity index (χ1v) is 13.5. The lowest BCUT2D eigenvalue weighted by atomic mass is 9.83. The van der Waals surface area contributed by atoms with Gasteiger partial charge in [0.05, 0.1) is 37.7 Å². The fraction of sp³-hybridized carbons (Fsp3) is 0.448. The number of nitrogens with zero attached hydrogens (tertiary/aromatic N) is 4. The minimum atomic E-state index is -0.927. The number of carbonyl (C=O) groups is 2. The number of oxazole rings is 1. The Kier molecular flexibility index (Phi) is 8.49. The smallest absolute Gasteiger partial charge is 0.308 e. The van der Waals surface area contributed by atoms with Crippen LogP contribution < -0.4 is 19.1 Å². The third kappa shape index (κ3) is 5.74. The number of unbranched alkanes of at least 4 members (excludes halogenated alkanes) is 1. The molecular formula is C29H34N4O7. The van der Waals surface area contributed by atoms with E-state index in [0.717, 1.165) is 24.1 Å². The number of carbonyl (C=O) groups excluding carboxylic acids is 1. The lowest BCUT2D eigenvalue weighted by Crippen LogP contribution is -2.44. The Bertz CT molecular complexity index is 1300. The van der Waals surface area contributed by atoms with E-state index in [2.05, 4.69) is 16.9 Å². The predicted octanol–water partition coefficient (Wildman–Crippen LogP) is 3.74. The van der Waals surface area contributed by atoms with Crippen molar-refractivity contribution in [2.45, 2.75) is 44.6 Å². The zero-order valence-corrected chi connectivity index (χ0v) is 22.7. The van der Waals surface area contributed by atoms with Crippen molar-refractivity contribution >= 4 is 17.6 Å². The quantitative estimate of drug-likeness (QED) is 0.356. The number of aliphatic carboxylic acids is 1. The van der Waals surface area contributed by atoms with Gasteiger partial charge in [-0.3, -0.25) is 19.5 Å². The minimum Gasteiger partial charge on any atom is -0.493 e. The van der Waals surface area contributed by atoms with Gasteiger partial charge >= 0.3 is 5.97 Å². The van der Waals surface area contributed by atoms with Crippen molar-refractivity contribution in [2.75, 3.05) is 38.4 Å². The normalized spacial score (nSPS) is 20.0. The van der Waals surface area contributed by atoms with Crippen LogP contribution in [-0.2, 0) is 16.0 Å². The Labute approximate surface area is 232 Å². The summed E-state index contributed by atoms with van der Waals surface area (Å²) in [6.07, 6.45) is 9.11. The van der Waals surface area contributed by atoms with Crippen molar-refractivity contribution in [3.05, 3.63) is 60.6 Å². The molecule has 0 spiro atoms. The number of hydrogen-bond acceptors (Lipinski definition) is 9. The van der Waals surface area contributed by atoms with E-state index in [1.165, 1.54) is 13.4 Å². The fourth-order valence-electron chi connectivity index (χ4n) is 5.69. The molecular weight excluding hydrogens is 516 g/mol. The molecule has 2 aliphatic rings. The maximum Gasteiger partial charge on any atom is 0.308 e. The van der Waals surface area contributed by atoms with Crippen LogP contribution in [0.25, 0.3) is 0 Å². The van der Waals surface area contributed by atoms with E-state index in [0.29, 0.717) is 49.1 Å². The summed E-state index contributed by atoms with van der Waals surface area (Å²) in [5, 5.41) is 10.5. The summed E-state index contributed by atoms with van der Waals surface area (Å²) >= 11 is 0. The van der Waals surface area contributed by atoms with Crippen LogP contribution in [0.1, 0.15) is 43.6 Å². The number of hydrogen-bond donors (Lipinski definition) is 1. The molecule has 3 atom stereocenters. The third-order valence-corrected chi connectivity index (χ3v) is 7.61.